The first-order chi connectivity index (χ1) is 11.4. The summed E-state index contributed by atoms with van der Waals surface area (Å²) in [5.74, 6) is 0. The van der Waals surface area contributed by atoms with Gasteiger partial charge in [0, 0.05) is 0 Å². The van der Waals surface area contributed by atoms with Crippen LogP contribution in [-0.4, -0.2) is 25.7 Å². The van der Waals surface area contributed by atoms with E-state index in [0.717, 1.165) is 15.4 Å². The average molecular weight is 342 g/mol. The topological polar surface area (TPSA) is 81.4 Å². The van der Waals surface area contributed by atoms with Crippen molar-refractivity contribution in [1.29, 1.82) is 5.26 Å². The molecule has 0 spiro atoms. The second kappa shape index (κ2) is 5.93. The number of para-hydroxylation sites is 1. The molecule has 2 aromatic rings. The number of nitrogens with zero attached hydrogens (tertiary/aromatic N) is 2. The summed E-state index contributed by atoms with van der Waals surface area (Å²) in [7, 11) is -3.87. The van der Waals surface area contributed by atoms with E-state index in [4.69, 9.17) is 0 Å². The summed E-state index contributed by atoms with van der Waals surface area (Å²) in [5, 5.41) is 19.8. The molecule has 1 aliphatic heterocycles. The average Bonchev–Trinajstić information content (AvgIpc) is 2.74. The van der Waals surface area contributed by atoms with Crippen LogP contribution in [0.4, 0.5) is 5.69 Å². The van der Waals surface area contributed by atoms with Gasteiger partial charge in [-0.3, -0.25) is 4.31 Å². The third-order valence-electron chi connectivity index (χ3n) is 4.29. The zero-order chi connectivity index (χ0) is 17.4. The molecule has 0 radical (unpaired) electrons. The van der Waals surface area contributed by atoms with Crippen molar-refractivity contribution in [1.82, 2.24) is 0 Å². The SMILES string of the molecule is Cc1ccc(S(=O)(=O)N2CC(O)(C#N)CCc3ccccc32)cc1. The van der Waals surface area contributed by atoms with Gasteiger partial charge >= 0.3 is 0 Å². The number of rotatable bonds is 2. The Morgan fingerprint density at radius 1 is 1.17 bits per heavy atom. The van der Waals surface area contributed by atoms with Crippen LogP contribution in [0.3, 0.4) is 0 Å². The van der Waals surface area contributed by atoms with E-state index in [1.165, 1.54) is 0 Å². The Morgan fingerprint density at radius 3 is 2.50 bits per heavy atom. The lowest BCUT2D eigenvalue weighted by Crippen LogP contribution is -2.44. The molecule has 0 bridgehead atoms. The number of fused-ring (bicyclic) bond motifs is 1. The number of benzene rings is 2. The molecule has 0 saturated carbocycles. The van der Waals surface area contributed by atoms with Crippen LogP contribution >= 0.6 is 0 Å². The minimum absolute atomic E-state index is 0.144. The van der Waals surface area contributed by atoms with Crippen LogP contribution in [0.5, 0.6) is 0 Å². The second-order valence-electron chi connectivity index (χ2n) is 6.10. The summed E-state index contributed by atoms with van der Waals surface area (Å²) in [4.78, 5) is 0.144. The standard InChI is InChI=1S/C18H18N2O3S/c1-14-6-8-16(9-7-14)24(22,23)20-13-18(21,12-19)11-10-15-4-2-3-5-17(15)20/h2-9,21H,10-11,13H2,1H3. The van der Waals surface area contributed by atoms with Gasteiger partial charge in [0.25, 0.3) is 10.0 Å². The van der Waals surface area contributed by atoms with E-state index in [0.29, 0.717) is 12.1 Å². The molecule has 1 aliphatic rings. The molecular formula is C18H18N2O3S. The number of sulfonamides is 1. The maximum absolute atomic E-state index is 13.1. The molecule has 5 nitrogen and oxygen atoms in total. The van der Waals surface area contributed by atoms with Gasteiger partial charge in [-0.25, -0.2) is 8.42 Å². The van der Waals surface area contributed by atoms with Gasteiger partial charge in [0.15, 0.2) is 5.60 Å². The van der Waals surface area contributed by atoms with Gasteiger partial charge in [-0.15, -0.1) is 0 Å². The van der Waals surface area contributed by atoms with E-state index in [2.05, 4.69) is 0 Å². The van der Waals surface area contributed by atoms with Crippen LogP contribution in [-0.2, 0) is 16.4 Å². The lowest BCUT2D eigenvalue weighted by Gasteiger charge is -2.28. The number of aryl methyl sites for hydroxylation is 2. The minimum atomic E-state index is -3.87. The first-order valence-electron chi connectivity index (χ1n) is 7.67. The molecule has 0 saturated heterocycles. The third kappa shape index (κ3) is 2.88. The summed E-state index contributed by atoms with van der Waals surface area (Å²) in [6.45, 7) is 1.60. The number of β-amino-alcohol motifs (C(OH)–C–C–N with tert-alkyl or cyclic N) is 1. The van der Waals surface area contributed by atoms with Gasteiger partial charge in [-0.1, -0.05) is 35.9 Å². The van der Waals surface area contributed by atoms with Gasteiger partial charge in [0.2, 0.25) is 0 Å². The van der Waals surface area contributed by atoms with Crippen molar-refractivity contribution in [3.05, 3.63) is 59.7 Å². The fraction of sp³-hybridized carbons (Fsp3) is 0.278. The molecule has 3 rings (SSSR count). The predicted octanol–water partition coefficient (Wildman–Crippen LogP) is 2.39. The Hall–Kier alpha value is -2.36. The van der Waals surface area contributed by atoms with Crippen LogP contribution in [0.25, 0.3) is 0 Å². The number of anilines is 1. The van der Waals surface area contributed by atoms with Crippen LogP contribution in [0.1, 0.15) is 17.5 Å². The summed E-state index contributed by atoms with van der Waals surface area (Å²) in [6, 6.07) is 15.5. The van der Waals surface area contributed by atoms with Crippen molar-refractivity contribution in [2.45, 2.75) is 30.3 Å². The number of nitriles is 1. The molecule has 0 fully saturated rings. The summed E-state index contributed by atoms with van der Waals surface area (Å²) in [6.07, 6.45) is 0.639. The van der Waals surface area contributed by atoms with Gasteiger partial charge in [0.1, 0.15) is 0 Å². The maximum atomic E-state index is 13.1. The van der Waals surface area contributed by atoms with Crippen LogP contribution in [0, 0.1) is 18.3 Å². The van der Waals surface area contributed by atoms with Gasteiger partial charge in [0.05, 0.1) is 23.2 Å². The van der Waals surface area contributed by atoms with Crippen molar-refractivity contribution < 1.29 is 13.5 Å². The molecular weight excluding hydrogens is 324 g/mol. The van der Waals surface area contributed by atoms with Gasteiger partial charge in [-0.2, -0.15) is 5.26 Å². The minimum Gasteiger partial charge on any atom is -0.373 e. The molecule has 1 unspecified atom stereocenters. The molecule has 0 amide bonds. The fourth-order valence-corrected chi connectivity index (χ4v) is 4.41. The van der Waals surface area contributed by atoms with Crippen LogP contribution in [0.2, 0.25) is 0 Å². The van der Waals surface area contributed by atoms with E-state index >= 15 is 0 Å². The molecule has 124 valence electrons. The number of hydrogen-bond acceptors (Lipinski definition) is 4. The fourth-order valence-electron chi connectivity index (χ4n) is 2.85. The molecule has 0 aromatic heterocycles. The highest BCUT2D eigenvalue weighted by molar-refractivity contribution is 7.92. The zero-order valence-corrected chi connectivity index (χ0v) is 14.1. The molecule has 1 atom stereocenters. The quantitative estimate of drug-likeness (QED) is 0.850. The Balaban J connectivity index is 2.15. The predicted molar refractivity (Wildman–Crippen MR) is 91.0 cm³/mol. The first kappa shape index (κ1) is 16.5. The van der Waals surface area contributed by atoms with Gasteiger partial charge in [-0.05, 0) is 43.5 Å². The Bertz CT molecular complexity index is 901. The van der Waals surface area contributed by atoms with Crippen molar-refractivity contribution in [2.24, 2.45) is 0 Å². The van der Waals surface area contributed by atoms with Crippen molar-refractivity contribution >= 4 is 15.7 Å². The highest BCUT2D eigenvalue weighted by atomic mass is 32.2. The first-order valence-corrected chi connectivity index (χ1v) is 9.11. The van der Waals surface area contributed by atoms with E-state index in [-0.39, 0.29) is 17.9 Å². The van der Waals surface area contributed by atoms with E-state index in [1.807, 2.05) is 25.1 Å². The summed E-state index contributed by atoms with van der Waals surface area (Å²) in [5.41, 5.74) is 0.568. The maximum Gasteiger partial charge on any atom is 0.264 e. The monoisotopic (exact) mass is 342 g/mol. The number of hydrogen-bond donors (Lipinski definition) is 1. The Morgan fingerprint density at radius 2 is 1.83 bits per heavy atom. The molecule has 24 heavy (non-hydrogen) atoms. The highest BCUT2D eigenvalue weighted by Gasteiger charge is 2.39. The Kier molecular flexibility index (Phi) is 4.08. The molecule has 0 aliphatic carbocycles. The molecule has 1 N–H and O–H groups in total. The van der Waals surface area contributed by atoms with Crippen LogP contribution < -0.4 is 4.31 Å². The van der Waals surface area contributed by atoms with Crippen molar-refractivity contribution in [3.8, 4) is 6.07 Å². The molecule has 6 heteroatoms. The number of aliphatic hydroxyl groups is 1. The van der Waals surface area contributed by atoms with Gasteiger partial charge < -0.3 is 5.11 Å². The lowest BCUT2D eigenvalue weighted by molar-refractivity contribution is 0.102. The zero-order valence-electron chi connectivity index (χ0n) is 13.3. The molecule has 1 heterocycles. The van der Waals surface area contributed by atoms with E-state index < -0.39 is 15.6 Å². The van der Waals surface area contributed by atoms with Crippen LogP contribution in [0.15, 0.2) is 53.4 Å². The largest absolute Gasteiger partial charge is 0.373 e. The smallest absolute Gasteiger partial charge is 0.264 e. The van der Waals surface area contributed by atoms with E-state index in [9.17, 15) is 18.8 Å². The van der Waals surface area contributed by atoms with Crippen molar-refractivity contribution in [2.75, 3.05) is 10.8 Å². The lowest BCUT2D eigenvalue weighted by atomic mass is 9.98. The Labute approximate surface area is 141 Å². The molecule has 2 aromatic carbocycles. The van der Waals surface area contributed by atoms with E-state index in [1.54, 1.807) is 36.4 Å². The van der Waals surface area contributed by atoms with Crippen molar-refractivity contribution in [3.63, 3.8) is 0 Å². The normalized spacial score (nSPS) is 20.8. The highest BCUT2D eigenvalue weighted by Crippen LogP contribution is 2.34. The summed E-state index contributed by atoms with van der Waals surface area (Å²) < 4.78 is 27.4. The third-order valence-corrected chi connectivity index (χ3v) is 6.06. The summed E-state index contributed by atoms with van der Waals surface area (Å²) >= 11 is 0. The second-order valence-corrected chi connectivity index (χ2v) is 7.96.